The van der Waals surface area contributed by atoms with Crippen molar-refractivity contribution >= 4 is 23.4 Å². The summed E-state index contributed by atoms with van der Waals surface area (Å²) in [5.41, 5.74) is 2.67. The number of aromatic nitrogens is 4. The van der Waals surface area contributed by atoms with E-state index in [0.29, 0.717) is 15.8 Å². The molecule has 2 aromatic heterocycles. The van der Waals surface area contributed by atoms with Gasteiger partial charge in [-0.1, -0.05) is 48.6 Å². The number of fused-ring (bicyclic) bond motifs is 1. The van der Waals surface area contributed by atoms with Gasteiger partial charge in [-0.2, -0.15) is 0 Å². The number of aromatic amines is 1. The zero-order valence-electron chi connectivity index (χ0n) is 12.0. The summed E-state index contributed by atoms with van der Waals surface area (Å²) in [6.45, 7) is 0. The van der Waals surface area contributed by atoms with Crippen LogP contribution in [0.4, 0.5) is 0 Å². The average molecular weight is 320 g/mol. The van der Waals surface area contributed by atoms with Crippen molar-refractivity contribution in [2.45, 2.75) is 0 Å². The minimum Gasteiger partial charge on any atom is -0.301 e. The first-order valence-corrected chi connectivity index (χ1v) is 7.50. The third-order valence-corrected chi connectivity index (χ3v) is 3.96. The Morgan fingerprint density at radius 2 is 1.52 bits per heavy atom. The maximum absolute atomic E-state index is 12.5. The van der Waals surface area contributed by atoms with Gasteiger partial charge in [0.05, 0.1) is 5.69 Å². The van der Waals surface area contributed by atoms with E-state index in [4.69, 9.17) is 12.2 Å². The Labute approximate surface area is 136 Å². The maximum Gasteiger partial charge on any atom is 0.332 e. The summed E-state index contributed by atoms with van der Waals surface area (Å²) in [5.74, 6) is 0. The van der Waals surface area contributed by atoms with E-state index in [-0.39, 0.29) is 5.69 Å². The lowest BCUT2D eigenvalue weighted by molar-refractivity contribution is 0.942. The van der Waals surface area contributed by atoms with Gasteiger partial charge in [-0.25, -0.2) is 14.3 Å². The number of imidazole rings is 1. The maximum atomic E-state index is 12.5. The van der Waals surface area contributed by atoms with Crippen LogP contribution in [0.5, 0.6) is 0 Å². The topological polar surface area (TPSA) is 55.6 Å². The van der Waals surface area contributed by atoms with Crippen LogP contribution in [0.25, 0.3) is 22.5 Å². The molecule has 4 aromatic rings. The molecule has 0 aliphatic heterocycles. The number of hydrogen-bond donors (Lipinski definition) is 1. The second kappa shape index (κ2) is 5.33. The molecule has 0 unspecified atom stereocenters. The van der Waals surface area contributed by atoms with Gasteiger partial charge < -0.3 is 4.98 Å². The molecule has 0 aliphatic carbocycles. The van der Waals surface area contributed by atoms with E-state index >= 15 is 0 Å². The number of nitrogens with zero attached hydrogens (tertiary/aromatic N) is 3. The van der Waals surface area contributed by atoms with Gasteiger partial charge in [0.25, 0.3) is 0 Å². The fourth-order valence-electron chi connectivity index (χ4n) is 2.63. The van der Waals surface area contributed by atoms with Crippen LogP contribution in [-0.4, -0.2) is 19.1 Å². The van der Waals surface area contributed by atoms with Gasteiger partial charge >= 0.3 is 5.69 Å². The highest BCUT2D eigenvalue weighted by Crippen LogP contribution is 2.19. The summed E-state index contributed by atoms with van der Waals surface area (Å²) in [7, 11) is 0. The smallest absolute Gasteiger partial charge is 0.301 e. The Hall–Kier alpha value is -2.99. The van der Waals surface area contributed by atoms with Gasteiger partial charge in [-0.3, -0.25) is 4.57 Å². The number of benzene rings is 2. The molecule has 0 atom stereocenters. The molecule has 0 amide bonds. The zero-order chi connectivity index (χ0) is 15.8. The molecule has 0 radical (unpaired) electrons. The lowest BCUT2D eigenvalue weighted by atomic mass is 10.3. The van der Waals surface area contributed by atoms with Gasteiger partial charge in [0.1, 0.15) is 11.8 Å². The highest BCUT2D eigenvalue weighted by molar-refractivity contribution is 7.71. The molecule has 0 fully saturated rings. The van der Waals surface area contributed by atoms with Crippen molar-refractivity contribution < 1.29 is 0 Å². The van der Waals surface area contributed by atoms with E-state index in [9.17, 15) is 4.79 Å². The fourth-order valence-corrected chi connectivity index (χ4v) is 2.82. The normalized spacial score (nSPS) is 11.0. The van der Waals surface area contributed by atoms with Crippen LogP contribution >= 0.6 is 12.2 Å². The molecule has 0 saturated heterocycles. The van der Waals surface area contributed by atoms with Crippen molar-refractivity contribution in [2.75, 3.05) is 0 Å². The second-order valence-electron chi connectivity index (χ2n) is 5.05. The van der Waals surface area contributed by atoms with E-state index < -0.39 is 0 Å². The molecule has 2 heterocycles. The summed E-state index contributed by atoms with van der Waals surface area (Å²) < 4.78 is 3.84. The molecule has 0 saturated carbocycles. The molecule has 0 aliphatic rings. The van der Waals surface area contributed by atoms with Crippen molar-refractivity contribution in [3.63, 3.8) is 0 Å². The Morgan fingerprint density at radius 1 is 0.913 bits per heavy atom. The first kappa shape index (κ1) is 13.7. The summed E-state index contributed by atoms with van der Waals surface area (Å²) in [5, 5.41) is 0. The molecule has 6 heteroatoms. The lowest BCUT2D eigenvalue weighted by Crippen LogP contribution is -2.16. The van der Waals surface area contributed by atoms with E-state index in [2.05, 4.69) is 9.97 Å². The highest BCUT2D eigenvalue weighted by Gasteiger charge is 2.14. The number of rotatable bonds is 2. The van der Waals surface area contributed by atoms with Crippen LogP contribution in [0.1, 0.15) is 0 Å². The first-order valence-electron chi connectivity index (χ1n) is 7.09. The Balaban J connectivity index is 2.16. The van der Waals surface area contributed by atoms with Crippen LogP contribution in [0.2, 0.25) is 0 Å². The molecule has 1 N–H and O–H groups in total. The van der Waals surface area contributed by atoms with Crippen molar-refractivity contribution in [3.8, 4) is 11.4 Å². The Bertz CT molecular complexity index is 1090. The predicted molar refractivity (Wildman–Crippen MR) is 91.9 cm³/mol. The third-order valence-electron chi connectivity index (χ3n) is 3.65. The quantitative estimate of drug-likeness (QED) is 0.577. The monoisotopic (exact) mass is 320 g/mol. The number of nitrogens with one attached hydrogen (secondary N) is 1. The van der Waals surface area contributed by atoms with Crippen LogP contribution in [-0.2, 0) is 0 Å². The van der Waals surface area contributed by atoms with Crippen LogP contribution in [0, 0.1) is 4.64 Å². The third kappa shape index (κ3) is 2.20. The Morgan fingerprint density at radius 3 is 2.17 bits per heavy atom. The fraction of sp³-hybridized carbons (Fsp3) is 0. The number of hydrogen-bond acceptors (Lipinski definition) is 3. The van der Waals surface area contributed by atoms with Crippen LogP contribution in [0.15, 0.2) is 71.8 Å². The summed E-state index contributed by atoms with van der Waals surface area (Å²) in [4.78, 5) is 19.5. The minimum atomic E-state index is -0.241. The van der Waals surface area contributed by atoms with E-state index in [1.54, 1.807) is 10.9 Å². The van der Waals surface area contributed by atoms with E-state index in [0.717, 1.165) is 11.4 Å². The molecular weight excluding hydrogens is 308 g/mol. The van der Waals surface area contributed by atoms with Crippen molar-refractivity contribution in [1.82, 2.24) is 19.1 Å². The summed E-state index contributed by atoms with van der Waals surface area (Å²) in [6.07, 6.45) is 1.65. The SMILES string of the molecule is O=c1[nH]c2c(=S)ncn(-c3ccccc3)c2n1-c1ccccc1. The molecule has 2 aromatic carbocycles. The van der Waals surface area contributed by atoms with Gasteiger partial charge in [-0.05, 0) is 24.3 Å². The van der Waals surface area contributed by atoms with Gasteiger partial charge in [0.15, 0.2) is 10.3 Å². The first-order chi connectivity index (χ1) is 11.3. The van der Waals surface area contributed by atoms with Crippen molar-refractivity contribution in [2.24, 2.45) is 0 Å². The summed E-state index contributed by atoms with van der Waals surface area (Å²) in [6, 6.07) is 19.2. The molecule has 23 heavy (non-hydrogen) atoms. The van der Waals surface area contributed by atoms with Gasteiger partial charge in [-0.15, -0.1) is 0 Å². The van der Waals surface area contributed by atoms with Crippen molar-refractivity contribution in [3.05, 3.63) is 82.1 Å². The second-order valence-corrected chi connectivity index (χ2v) is 5.44. The van der Waals surface area contributed by atoms with E-state index in [1.165, 1.54) is 0 Å². The van der Waals surface area contributed by atoms with E-state index in [1.807, 2.05) is 65.2 Å². The largest absolute Gasteiger partial charge is 0.332 e. The number of para-hydroxylation sites is 2. The molecule has 5 nitrogen and oxygen atoms in total. The van der Waals surface area contributed by atoms with Crippen LogP contribution < -0.4 is 5.69 Å². The van der Waals surface area contributed by atoms with Crippen LogP contribution in [0.3, 0.4) is 0 Å². The molecule has 0 spiro atoms. The minimum absolute atomic E-state index is 0.241. The molecular formula is C17H12N4OS. The van der Waals surface area contributed by atoms with Gasteiger partial charge in [0.2, 0.25) is 0 Å². The predicted octanol–water partition coefficient (Wildman–Crippen LogP) is 3.23. The average Bonchev–Trinajstić information content (AvgIpc) is 2.95. The highest BCUT2D eigenvalue weighted by atomic mass is 32.1. The lowest BCUT2D eigenvalue weighted by Gasteiger charge is -2.11. The van der Waals surface area contributed by atoms with Gasteiger partial charge in [0, 0.05) is 5.69 Å². The summed E-state index contributed by atoms with van der Waals surface area (Å²) >= 11 is 5.28. The number of H-pyrrole nitrogens is 1. The standard InChI is InChI=1S/C17H12N4OS/c22-17-19-14-15(23)18-11-20(12-7-3-1-4-8-12)16(14)21(17)13-9-5-2-6-10-13/h1-11H,(H,19,22). The zero-order valence-corrected chi connectivity index (χ0v) is 12.8. The molecule has 112 valence electrons. The van der Waals surface area contributed by atoms with Crippen molar-refractivity contribution in [1.29, 1.82) is 0 Å². The Kier molecular flexibility index (Phi) is 3.17. The molecule has 4 rings (SSSR count). The molecule has 0 bridgehead atoms.